The Hall–Kier alpha value is -2.54. The largest absolute Gasteiger partial charge is 0.350 e. The molecule has 4 heteroatoms. The molecule has 0 unspecified atom stereocenters. The second-order valence-corrected chi connectivity index (χ2v) is 5.02. The lowest BCUT2D eigenvalue weighted by Gasteiger charge is -2.07. The summed E-state index contributed by atoms with van der Waals surface area (Å²) >= 11 is 0. The molecule has 1 amide bonds. The molecular formula is C17H19N3O. The van der Waals surface area contributed by atoms with Gasteiger partial charge >= 0.3 is 0 Å². The number of hydrogen-bond donors (Lipinski definition) is 1. The fraction of sp³-hybridized carbons (Fsp3) is 0.294. The van der Waals surface area contributed by atoms with E-state index in [9.17, 15) is 4.79 Å². The molecule has 0 aliphatic heterocycles. The van der Waals surface area contributed by atoms with Gasteiger partial charge in [0.05, 0.1) is 6.07 Å². The first-order valence-corrected chi connectivity index (χ1v) is 7.08. The number of nitriles is 1. The Bertz CT molecular complexity index is 706. The van der Waals surface area contributed by atoms with Gasteiger partial charge in [-0.3, -0.25) is 4.79 Å². The minimum absolute atomic E-state index is 0.233. The summed E-state index contributed by atoms with van der Waals surface area (Å²) in [6, 6.07) is 9.72. The number of rotatable bonds is 5. The van der Waals surface area contributed by atoms with Crippen molar-refractivity contribution in [3.63, 3.8) is 0 Å². The highest BCUT2D eigenvalue weighted by Crippen LogP contribution is 2.21. The lowest BCUT2D eigenvalue weighted by Crippen LogP contribution is -2.32. The van der Waals surface area contributed by atoms with Crippen LogP contribution in [0.3, 0.4) is 0 Å². The zero-order chi connectivity index (χ0) is 15.2. The van der Waals surface area contributed by atoms with Gasteiger partial charge in [-0.2, -0.15) is 5.26 Å². The van der Waals surface area contributed by atoms with Crippen molar-refractivity contribution >= 4 is 22.9 Å². The number of amides is 1. The minimum atomic E-state index is -0.417. The molecule has 0 aliphatic carbocycles. The van der Waals surface area contributed by atoms with Crippen LogP contribution in [0.4, 0.5) is 0 Å². The van der Waals surface area contributed by atoms with Gasteiger partial charge in [0.15, 0.2) is 0 Å². The van der Waals surface area contributed by atoms with Crippen LogP contribution in [0, 0.1) is 11.3 Å². The van der Waals surface area contributed by atoms with Crippen molar-refractivity contribution in [1.29, 1.82) is 5.26 Å². The summed E-state index contributed by atoms with van der Waals surface area (Å²) in [5, 5.41) is 12.7. The molecule has 0 saturated heterocycles. The fourth-order valence-corrected chi connectivity index (χ4v) is 2.35. The molecule has 1 atom stereocenters. The molecule has 1 aromatic heterocycles. The standard InChI is InChI=1S/C17H19N3O/c1-3-6-14(11-18)19-17(21)10-9-13-12-20(2)16-8-5-4-7-15(13)16/h4-5,7-10,12,14H,3,6H2,1-2H3,(H,19,21)/b10-9+/t14-/m0/s1. The molecule has 0 bridgehead atoms. The van der Waals surface area contributed by atoms with E-state index in [1.54, 1.807) is 6.08 Å². The van der Waals surface area contributed by atoms with Crippen LogP contribution >= 0.6 is 0 Å². The fourth-order valence-electron chi connectivity index (χ4n) is 2.35. The Kier molecular flexibility index (Phi) is 4.78. The molecular weight excluding hydrogens is 262 g/mol. The number of aromatic nitrogens is 1. The lowest BCUT2D eigenvalue weighted by molar-refractivity contribution is -0.116. The highest BCUT2D eigenvalue weighted by molar-refractivity contribution is 5.96. The monoisotopic (exact) mass is 281 g/mol. The predicted molar refractivity (Wildman–Crippen MR) is 84.4 cm³/mol. The van der Waals surface area contributed by atoms with Crippen molar-refractivity contribution in [3.8, 4) is 6.07 Å². The van der Waals surface area contributed by atoms with Gasteiger partial charge in [0.25, 0.3) is 0 Å². The molecule has 108 valence electrons. The van der Waals surface area contributed by atoms with Crippen LogP contribution in [0.25, 0.3) is 17.0 Å². The van der Waals surface area contributed by atoms with Crippen LogP contribution in [-0.4, -0.2) is 16.5 Å². The average Bonchev–Trinajstić information content (AvgIpc) is 2.82. The number of nitrogens with one attached hydrogen (secondary N) is 1. The molecule has 4 nitrogen and oxygen atoms in total. The van der Waals surface area contributed by atoms with Crippen LogP contribution in [0.1, 0.15) is 25.3 Å². The van der Waals surface area contributed by atoms with E-state index < -0.39 is 6.04 Å². The van der Waals surface area contributed by atoms with Gasteiger partial charge in [-0.05, 0) is 18.6 Å². The van der Waals surface area contributed by atoms with Crippen molar-refractivity contribution in [2.24, 2.45) is 7.05 Å². The molecule has 0 radical (unpaired) electrons. The number of hydrogen-bond acceptors (Lipinski definition) is 2. The van der Waals surface area contributed by atoms with Crippen molar-refractivity contribution < 1.29 is 4.79 Å². The molecule has 21 heavy (non-hydrogen) atoms. The Labute approximate surface area is 124 Å². The molecule has 2 rings (SSSR count). The molecule has 0 spiro atoms. The van der Waals surface area contributed by atoms with Crippen molar-refractivity contribution in [2.45, 2.75) is 25.8 Å². The molecule has 1 aromatic carbocycles. The third kappa shape index (κ3) is 3.51. The van der Waals surface area contributed by atoms with Crippen molar-refractivity contribution in [1.82, 2.24) is 9.88 Å². The number of fused-ring (bicyclic) bond motifs is 1. The SMILES string of the molecule is CCC[C@@H](C#N)NC(=O)/C=C/c1cn(C)c2ccccc12. The van der Waals surface area contributed by atoms with E-state index in [0.717, 1.165) is 22.9 Å². The van der Waals surface area contributed by atoms with Gasteiger partial charge in [0, 0.05) is 35.8 Å². The van der Waals surface area contributed by atoms with Gasteiger partial charge in [-0.1, -0.05) is 31.5 Å². The minimum Gasteiger partial charge on any atom is -0.350 e. The Morgan fingerprint density at radius 2 is 2.24 bits per heavy atom. The maximum atomic E-state index is 11.8. The predicted octanol–water partition coefficient (Wildman–Crippen LogP) is 3.00. The van der Waals surface area contributed by atoms with E-state index in [4.69, 9.17) is 5.26 Å². The topological polar surface area (TPSA) is 57.8 Å². The first-order valence-electron chi connectivity index (χ1n) is 7.08. The lowest BCUT2D eigenvalue weighted by atomic mass is 10.1. The number of carbonyl (C=O) groups is 1. The zero-order valence-electron chi connectivity index (χ0n) is 12.3. The maximum Gasteiger partial charge on any atom is 0.245 e. The molecule has 1 heterocycles. The quantitative estimate of drug-likeness (QED) is 0.856. The van der Waals surface area contributed by atoms with Crippen LogP contribution < -0.4 is 5.32 Å². The second-order valence-electron chi connectivity index (χ2n) is 5.02. The highest BCUT2D eigenvalue weighted by atomic mass is 16.1. The van der Waals surface area contributed by atoms with Crippen LogP contribution in [0.15, 0.2) is 36.5 Å². The molecule has 0 aliphatic rings. The number of benzene rings is 1. The molecule has 2 aromatic rings. The van der Waals surface area contributed by atoms with Crippen molar-refractivity contribution in [2.75, 3.05) is 0 Å². The summed E-state index contributed by atoms with van der Waals surface area (Å²) in [7, 11) is 1.98. The van der Waals surface area contributed by atoms with Gasteiger partial charge in [0.1, 0.15) is 6.04 Å². The van der Waals surface area contributed by atoms with E-state index in [2.05, 4.69) is 11.4 Å². The average molecular weight is 281 g/mol. The third-order valence-electron chi connectivity index (χ3n) is 3.39. The molecule has 0 saturated carbocycles. The highest BCUT2D eigenvalue weighted by Gasteiger charge is 2.08. The van der Waals surface area contributed by atoms with Crippen LogP contribution in [0.2, 0.25) is 0 Å². The summed E-state index contributed by atoms with van der Waals surface area (Å²) < 4.78 is 2.03. The normalized spacial score (nSPS) is 12.4. The van der Waals surface area contributed by atoms with E-state index in [0.29, 0.717) is 6.42 Å². The summed E-state index contributed by atoms with van der Waals surface area (Å²) in [6.45, 7) is 1.99. The molecule has 0 fully saturated rings. The number of para-hydroxylation sites is 1. The second kappa shape index (κ2) is 6.76. The number of nitrogens with zero attached hydrogens (tertiary/aromatic N) is 2. The van der Waals surface area contributed by atoms with Gasteiger partial charge in [-0.15, -0.1) is 0 Å². The number of aryl methyl sites for hydroxylation is 1. The van der Waals surface area contributed by atoms with Crippen LogP contribution in [-0.2, 0) is 11.8 Å². The van der Waals surface area contributed by atoms with Gasteiger partial charge < -0.3 is 9.88 Å². The van der Waals surface area contributed by atoms with E-state index in [1.807, 2.05) is 49.0 Å². The summed E-state index contributed by atoms with van der Waals surface area (Å²) in [6.07, 6.45) is 6.80. The molecule has 1 N–H and O–H groups in total. The maximum absolute atomic E-state index is 11.8. The van der Waals surface area contributed by atoms with Crippen LogP contribution in [0.5, 0.6) is 0 Å². The van der Waals surface area contributed by atoms with Gasteiger partial charge in [-0.25, -0.2) is 0 Å². The Morgan fingerprint density at radius 3 is 2.95 bits per heavy atom. The Morgan fingerprint density at radius 1 is 1.48 bits per heavy atom. The van der Waals surface area contributed by atoms with Crippen molar-refractivity contribution in [3.05, 3.63) is 42.1 Å². The smallest absolute Gasteiger partial charge is 0.245 e. The van der Waals surface area contributed by atoms with E-state index >= 15 is 0 Å². The summed E-state index contributed by atoms with van der Waals surface area (Å²) in [5.74, 6) is -0.233. The van der Waals surface area contributed by atoms with E-state index in [1.165, 1.54) is 6.08 Å². The third-order valence-corrected chi connectivity index (χ3v) is 3.39. The van der Waals surface area contributed by atoms with Gasteiger partial charge in [0.2, 0.25) is 5.91 Å². The van der Waals surface area contributed by atoms with E-state index in [-0.39, 0.29) is 5.91 Å². The first-order chi connectivity index (χ1) is 10.2. The summed E-state index contributed by atoms with van der Waals surface area (Å²) in [4.78, 5) is 11.8. The zero-order valence-corrected chi connectivity index (χ0v) is 12.3. The first kappa shape index (κ1) is 14.9. The number of carbonyl (C=O) groups excluding carboxylic acids is 1. The Balaban J connectivity index is 2.13. The summed E-state index contributed by atoms with van der Waals surface area (Å²) in [5.41, 5.74) is 2.12.